The highest BCUT2D eigenvalue weighted by molar-refractivity contribution is 5.94. The van der Waals surface area contributed by atoms with Gasteiger partial charge in [-0.05, 0) is 54.7 Å². The van der Waals surface area contributed by atoms with Crippen molar-refractivity contribution in [3.8, 4) is 0 Å². The van der Waals surface area contributed by atoms with Gasteiger partial charge in [-0.3, -0.25) is 9.59 Å². The summed E-state index contributed by atoms with van der Waals surface area (Å²) in [6.07, 6.45) is 7.78. The predicted molar refractivity (Wildman–Crippen MR) is 109 cm³/mol. The Balaban J connectivity index is 1.48. The topological polar surface area (TPSA) is 49.4 Å². The lowest BCUT2D eigenvalue weighted by Crippen LogP contribution is -2.50. The lowest BCUT2D eigenvalue weighted by Gasteiger charge is -2.44. The molecule has 2 unspecified atom stereocenters. The Morgan fingerprint density at radius 3 is 2.41 bits per heavy atom. The molecular formula is C23H34N2O2. The second-order valence-corrected chi connectivity index (χ2v) is 9.17. The van der Waals surface area contributed by atoms with Gasteiger partial charge in [-0.1, -0.05) is 45.7 Å². The summed E-state index contributed by atoms with van der Waals surface area (Å²) in [6.45, 7) is 7.77. The first kappa shape index (κ1) is 19.9. The number of nitrogens with one attached hydrogen (secondary N) is 1. The molecule has 1 saturated heterocycles. The van der Waals surface area contributed by atoms with Crippen molar-refractivity contribution in [3.63, 3.8) is 0 Å². The van der Waals surface area contributed by atoms with Gasteiger partial charge in [-0.15, -0.1) is 0 Å². The molecule has 27 heavy (non-hydrogen) atoms. The van der Waals surface area contributed by atoms with E-state index in [0.29, 0.717) is 30.5 Å². The molecule has 1 aromatic rings. The van der Waals surface area contributed by atoms with E-state index in [9.17, 15) is 9.59 Å². The summed E-state index contributed by atoms with van der Waals surface area (Å²) in [7, 11) is 0. The quantitative estimate of drug-likeness (QED) is 0.860. The fraction of sp³-hybridized carbons (Fsp3) is 0.652. The first-order valence-electron chi connectivity index (χ1n) is 10.5. The van der Waals surface area contributed by atoms with E-state index in [0.717, 1.165) is 19.4 Å². The number of hydrogen-bond acceptors (Lipinski definition) is 2. The lowest BCUT2D eigenvalue weighted by atomic mass is 9.78. The zero-order valence-corrected chi connectivity index (χ0v) is 17.1. The van der Waals surface area contributed by atoms with E-state index in [4.69, 9.17) is 0 Å². The molecule has 4 heteroatoms. The zero-order valence-electron chi connectivity index (χ0n) is 17.1. The molecule has 2 atom stereocenters. The fourth-order valence-corrected chi connectivity index (χ4v) is 4.58. The molecule has 2 aliphatic rings. The van der Waals surface area contributed by atoms with Crippen LogP contribution in [0.25, 0.3) is 0 Å². The largest absolute Gasteiger partial charge is 0.352 e. The van der Waals surface area contributed by atoms with Crippen LogP contribution in [0.1, 0.15) is 81.6 Å². The third-order valence-corrected chi connectivity index (χ3v) is 6.20. The van der Waals surface area contributed by atoms with Crippen molar-refractivity contribution < 1.29 is 9.59 Å². The van der Waals surface area contributed by atoms with Crippen molar-refractivity contribution in [2.75, 3.05) is 13.1 Å². The maximum Gasteiger partial charge on any atom is 0.251 e. The molecule has 1 aliphatic carbocycles. The highest BCUT2D eigenvalue weighted by Gasteiger charge is 2.35. The molecule has 1 saturated carbocycles. The Bertz CT molecular complexity index is 658. The Kier molecular flexibility index (Phi) is 6.23. The van der Waals surface area contributed by atoms with Crippen LogP contribution in [0.15, 0.2) is 24.3 Å². The van der Waals surface area contributed by atoms with Crippen LogP contribution >= 0.6 is 0 Å². The molecule has 2 fully saturated rings. The summed E-state index contributed by atoms with van der Waals surface area (Å²) in [5.74, 6) is 0.805. The van der Waals surface area contributed by atoms with Gasteiger partial charge >= 0.3 is 0 Å². The summed E-state index contributed by atoms with van der Waals surface area (Å²) >= 11 is 0. The number of benzene rings is 1. The molecule has 148 valence electrons. The molecule has 0 spiro atoms. The second-order valence-electron chi connectivity index (χ2n) is 9.17. The summed E-state index contributed by atoms with van der Waals surface area (Å²) in [6, 6.07) is 8.21. The highest BCUT2D eigenvalue weighted by atomic mass is 16.2. The van der Waals surface area contributed by atoms with Crippen molar-refractivity contribution >= 4 is 11.8 Å². The monoisotopic (exact) mass is 370 g/mol. The molecule has 3 rings (SSSR count). The number of amides is 2. The SMILES string of the molecule is CC(C)(C)c1ccc(C(=O)NCCC(=O)N2CCCC3CCCCC32)cc1. The van der Waals surface area contributed by atoms with Crippen molar-refractivity contribution in [2.24, 2.45) is 5.92 Å². The smallest absolute Gasteiger partial charge is 0.251 e. The van der Waals surface area contributed by atoms with Gasteiger partial charge in [-0.25, -0.2) is 0 Å². The van der Waals surface area contributed by atoms with E-state index >= 15 is 0 Å². The first-order valence-corrected chi connectivity index (χ1v) is 10.5. The molecule has 0 bridgehead atoms. The van der Waals surface area contributed by atoms with E-state index in [2.05, 4.69) is 31.0 Å². The predicted octanol–water partition coefficient (Wildman–Crippen LogP) is 4.29. The average Bonchev–Trinajstić information content (AvgIpc) is 2.66. The lowest BCUT2D eigenvalue weighted by molar-refractivity contribution is -0.137. The van der Waals surface area contributed by atoms with Crippen LogP contribution in [0.4, 0.5) is 0 Å². The van der Waals surface area contributed by atoms with Crippen molar-refractivity contribution in [3.05, 3.63) is 35.4 Å². The Morgan fingerprint density at radius 2 is 1.70 bits per heavy atom. The van der Waals surface area contributed by atoms with Crippen molar-refractivity contribution in [2.45, 2.75) is 77.2 Å². The van der Waals surface area contributed by atoms with E-state index in [1.54, 1.807) is 0 Å². The molecule has 2 amide bonds. The van der Waals surface area contributed by atoms with Crippen molar-refractivity contribution in [1.29, 1.82) is 0 Å². The van der Waals surface area contributed by atoms with Gasteiger partial charge in [0.1, 0.15) is 0 Å². The number of carbonyl (C=O) groups is 2. The van der Waals surface area contributed by atoms with Crippen LogP contribution in [0.5, 0.6) is 0 Å². The number of rotatable bonds is 4. The molecule has 1 N–H and O–H groups in total. The normalized spacial score (nSPS) is 22.9. The maximum absolute atomic E-state index is 12.7. The molecule has 0 radical (unpaired) electrons. The number of piperidine rings is 1. The average molecular weight is 371 g/mol. The second kappa shape index (κ2) is 8.45. The zero-order chi connectivity index (χ0) is 19.4. The first-order chi connectivity index (χ1) is 12.9. The van der Waals surface area contributed by atoms with Gasteiger partial charge in [0.25, 0.3) is 5.91 Å². The minimum Gasteiger partial charge on any atom is -0.352 e. The van der Waals surface area contributed by atoms with Gasteiger partial charge in [0.2, 0.25) is 5.91 Å². The minimum atomic E-state index is -0.0996. The number of hydrogen-bond donors (Lipinski definition) is 1. The van der Waals surface area contributed by atoms with Gasteiger partial charge in [0.15, 0.2) is 0 Å². The van der Waals surface area contributed by atoms with Crippen LogP contribution in [-0.4, -0.2) is 35.8 Å². The molecule has 4 nitrogen and oxygen atoms in total. The fourth-order valence-electron chi connectivity index (χ4n) is 4.58. The van der Waals surface area contributed by atoms with E-state index in [-0.39, 0.29) is 17.2 Å². The number of likely N-dealkylation sites (tertiary alicyclic amines) is 1. The Labute approximate surface area is 163 Å². The minimum absolute atomic E-state index is 0.0762. The van der Waals surface area contributed by atoms with E-state index in [1.807, 2.05) is 24.3 Å². The van der Waals surface area contributed by atoms with E-state index < -0.39 is 0 Å². The molecular weight excluding hydrogens is 336 g/mol. The number of fused-ring (bicyclic) bond motifs is 1. The molecule has 0 aromatic heterocycles. The Hall–Kier alpha value is -1.84. The molecule has 1 aromatic carbocycles. The van der Waals surface area contributed by atoms with Crippen LogP contribution in [0.3, 0.4) is 0 Å². The summed E-state index contributed by atoms with van der Waals surface area (Å²) < 4.78 is 0. The van der Waals surface area contributed by atoms with Crippen LogP contribution < -0.4 is 5.32 Å². The Morgan fingerprint density at radius 1 is 1.04 bits per heavy atom. The standard InChI is InChI=1S/C23H34N2O2/c1-23(2,3)19-12-10-18(11-13-19)22(27)24-15-14-21(26)25-16-6-8-17-7-4-5-9-20(17)25/h10-13,17,20H,4-9,14-16H2,1-3H3,(H,24,27). The van der Waals surface area contributed by atoms with Gasteiger partial charge in [0, 0.05) is 31.1 Å². The van der Waals surface area contributed by atoms with Gasteiger partial charge in [0.05, 0.1) is 0 Å². The van der Waals surface area contributed by atoms with Crippen LogP contribution in [0, 0.1) is 5.92 Å². The summed E-state index contributed by atoms with van der Waals surface area (Å²) in [5, 5.41) is 2.91. The maximum atomic E-state index is 12.7. The van der Waals surface area contributed by atoms with Gasteiger partial charge < -0.3 is 10.2 Å². The summed E-state index contributed by atoms with van der Waals surface area (Å²) in [4.78, 5) is 27.2. The van der Waals surface area contributed by atoms with E-state index in [1.165, 1.54) is 31.2 Å². The third kappa shape index (κ3) is 4.91. The van der Waals surface area contributed by atoms with Crippen LogP contribution in [0.2, 0.25) is 0 Å². The van der Waals surface area contributed by atoms with Crippen LogP contribution in [-0.2, 0) is 10.2 Å². The molecule has 1 heterocycles. The highest BCUT2D eigenvalue weighted by Crippen LogP contribution is 2.35. The van der Waals surface area contributed by atoms with Crippen molar-refractivity contribution in [1.82, 2.24) is 10.2 Å². The number of nitrogens with zero attached hydrogens (tertiary/aromatic N) is 1. The summed E-state index contributed by atoms with van der Waals surface area (Å²) in [5.41, 5.74) is 1.94. The molecule has 1 aliphatic heterocycles. The number of carbonyl (C=O) groups excluding carboxylic acids is 2. The third-order valence-electron chi connectivity index (χ3n) is 6.20. The van der Waals surface area contributed by atoms with Gasteiger partial charge in [-0.2, -0.15) is 0 Å².